The molecular formula is C25H39N6O8PS2. The molecule has 5 N–H and O–H groups in total. The van der Waals surface area contributed by atoms with Crippen molar-refractivity contribution in [3.8, 4) is 0 Å². The van der Waals surface area contributed by atoms with Crippen molar-refractivity contribution in [2.75, 3.05) is 36.2 Å². The molecule has 2 aromatic rings. The van der Waals surface area contributed by atoms with E-state index in [2.05, 4.69) is 15.1 Å². The number of nitrogens with two attached hydrogens (primary N) is 2. The maximum absolute atomic E-state index is 13.7. The Morgan fingerprint density at radius 2 is 1.64 bits per heavy atom. The number of imidazole rings is 1. The standard InChI is InChI=1S/C25H39N6O8PS2/c1-13-15(14-12-28-19-18(26)29-22(27)30-31(14)19)38-16-17(25(13,16)34)39-40(35,36-8-10-41-20(32)23(2,3)4)37-9-11-42-21(33)24(5,6)7/h12-13,15-17,34H,8-11H2,1-7H3,(H4,26,27,29,30). The monoisotopic (exact) mass is 646 g/mol. The van der Waals surface area contributed by atoms with Crippen LogP contribution in [0.2, 0.25) is 0 Å². The van der Waals surface area contributed by atoms with Crippen LogP contribution in [0.15, 0.2) is 6.20 Å². The van der Waals surface area contributed by atoms with Crippen LogP contribution in [0.5, 0.6) is 0 Å². The molecule has 0 amide bonds. The third-order valence-electron chi connectivity index (χ3n) is 6.88. The van der Waals surface area contributed by atoms with Gasteiger partial charge in [0.05, 0.1) is 25.1 Å². The normalized spacial score (nSPS) is 26.0. The topological polar surface area (TPSA) is 203 Å². The molecule has 5 unspecified atom stereocenters. The molecule has 3 heterocycles. The van der Waals surface area contributed by atoms with Gasteiger partial charge in [0.2, 0.25) is 5.95 Å². The number of hydrogen-bond acceptors (Lipinski definition) is 15. The van der Waals surface area contributed by atoms with E-state index in [4.69, 9.17) is 29.8 Å². The Morgan fingerprint density at radius 1 is 1.10 bits per heavy atom. The molecule has 0 bridgehead atoms. The number of nitrogens with zero attached hydrogens (tertiary/aromatic N) is 4. The van der Waals surface area contributed by atoms with Crippen molar-refractivity contribution in [2.45, 2.75) is 72.4 Å². The molecule has 0 spiro atoms. The minimum atomic E-state index is -4.23. The van der Waals surface area contributed by atoms with Crippen LogP contribution in [0.1, 0.15) is 60.3 Å². The number of ether oxygens (including phenoxy) is 1. The highest BCUT2D eigenvalue weighted by atomic mass is 32.2. The van der Waals surface area contributed by atoms with Crippen LogP contribution in [-0.4, -0.2) is 77.4 Å². The number of aromatic nitrogens is 4. The lowest BCUT2D eigenvalue weighted by Crippen LogP contribution is -2.29. The molecule has 0 aromatic carbocycles. The fourth-order valence-electron chi connectivity index (χ4n) is 4.38. The molecule has 17 heteroatoms. The minimum Gasteiger partial charge on any atom is -0.384 e. The van der Waals surface area contributed by atoms with Gasteiger partial charge in [-0.05, 0) is 0 Å². The van der Waals surface area contributed by atoms with Crippen LogP contribution in [0.4, 0.5) is 11.8 Å². The van der Waals surface area contributed by atoms with Gasteiger partial charge in [0.1, 0.15) is 23.9 Å². The molecule has 2 aromatic heterocycles. The first-order valence-corrected chi connectivity index (χ1v) is 16.9. The van der Waals surface area contributed by atoms with Crippen LogP contribution in [0.3, 0.4) is 0 Å². The number of hydrogen-bond donors (Lipinski definition) is 3. The first-order chi connectivity index (χ1) is 19.4. The van der Waals surface area contributed by atoms with Crippen molar-refractivity contribution < 1.29 is 37.6 Å². The van der Waals surface area contributed by atoms with Crippen molar-refractivity contribution in [2.24, 2.45) is 16.7 Å². The Balaban J connectivity index is 1.42. The summed E-state index contributed by atoms with van der Waals surface area (Å²) >= 11 is 2.11. The van der Waals surface area contributed by atoms with Gasteiger partial charge in [-0.25, -0.2) is 14.1 Å². The number of carbonyl (C=O) groups excluding carboxylic acids is 2. The van der Waals surface area contributed by atoms with E-state index < -0.39 is 48.5 Å². The van der Waals surface area contributed by atoms with Crippen LogP contribution < -0.4 is 11.5 Å². The number of fused-ring (bicyclic) bond motifs is 2. The Kier molecular flexibility index (Phi) is 9.43. The summed E-state index contributed by atoms with van der Waals surface area (Å²) < 4.78 is 38.2. The predicted octanol–water partition coefficient (Wildman–Crippen LogP) is 3.25. The molecule has 234 valence electrons. The third-order valence-corrected chi connectivity index (χ3v) is 10.8. The molecule has 14 nitrogen and oxygen atoms in total. The summed E-state index contributed by atoms with van der Waals surface area (Å²) in [6, 6.07) is 0. The zero-order chi connectivity index (χ0) is 31.3. The van der Waals surface area contributed by atoms with Crippen molar-refractivity contribution in [1.82, 2.24) is 19.6 Å². The molecular weight excluding hydrogens is 607 g/mol. The summed E-state index contributed by atoms with van der Waals surface area (Å²) in [6.07, 6.45) is -0.973. The second-order valence-electron chi connectivity index (χ2n) is 12.3. The highest BCUT2D eigenvalue weighted by Gasteiger charge is 2.77. The SMILES string of the molecule is CC1C(c2cnc3c(N)nc(N)nn23)OC2C(OP(=O)(OCCSC(=O)C(C)(C)C)OCCSC(=O)C(C)(C)C)C12O. The summed E-state index contributed by atoms with van der Waals surface area (Å²) in [5, 5.41) is 15.6. The molecule has 1 aliphatic heterocycles. The average Bonchev–Trinajstić information content (AvgIpc) is 3.13. The second-order valence-corrected chi connectivity index (χ2v) is 16.1. The Morgan fingerprint density at radius 3 is 2.12 bits per heavy atom. The molecule has 2 aliphatic rings. The fraction of sp³-hybridized carbons (Fsp3) is 0.720. The van der Waals surface area contributed by atoms with E-state index in [1.54, 1.807) is 6.92 Å². The van der Waals surface area contributed by atoms with Gasteiger partial charge in [0.15, 0.2) is 21.7 Å². The van der Waals surface area contributed by atoms with Gasteiger partial charge in [-0.3, -0.25) is 23.2 Å². The number of aliphatic hydroxyl groups is 1. The van der Waals surface area contributed by atoms with E-state index in [-0.39, 0.29) is 46.7 Å². The quantitative estimate of drug-likeness (QED) is 0.237. The molecule has 0 radical (unpaired) electrons. The summed E-state index contributed by atoms with van der Waals surface area (Å²) in [6.45, 7) is 12.4. The highest BCUT2D eigenvalue weighted by Crippen LogP contribution is 2.65. The van der Waals surface area contributed by atoms with E-state index in [1.807, 2.05) is 41.5 Å². The summed E-state index contributed by atoms with van der Waals surface area (Å²) in [7, 11) is -4.23. The lowest BCUT2D eigenvalue weighted by Gasteiger charge is -2.25. The number of phosphoric ester groups is 1. The average molecular weight is 647 g/mol. The Hall–Kier alpha value is -1.78. The lowest BCUT2D eigenvalue weighted by atomic mass is 9.95. The van der Waals surface area contributed by atoms with Crippen molar-refractivity contribution in [1.29, 1.82) is 0 Å². The Bertz CT molecular complexity index is 1360. The fourth-order valence-corrected chi connectivity index (χ4v) is 7.58. The van der Waals surface area contributed by atoms with Crippen LogP contribution >= 0.6 is 31.3 Å². The van der Waals surface area contributed by atoms with E-state index in [1.165, 1.54) is 10.7 Å². The lowest BCUT2D eigenvalue weighted by molar-refractivity contribution is -0.118. The van der Waals surface area contributed by atoms with Crippen molar-refractivity contribution >= 4 is 59.0 Å². The Labute approximate surface area is 253 Å². The molecule has 4 rings (SSSR count). The molecule has 2 fully saturated rings. The first kappa shape index (κ1) is 33.1. The van der Waals surface area contributed by atoms with E-state index in [0.29, 0.717) is 11.3 Å². The number of nitrogen functional groups attached to an aromatic ring is 2. The van der Waals surface area contributed by atoms with Crippen LogP contribution in [0.25, 0.3) is 5.65 Å². The van der Waals surface area contributed by atoms with Gasteiger partial charge in [-0.1, -0.05) is 72.0 Å². The zero-order valence-electron chi connectivity index (χ0n) is 24.7. The van der Waals surface area contributed by atoms with Gasteiger partial charge in [-0.15, -0.1) is 5.10 Å². The van der Waals surface area contributed by atoms with Gasteiger partial charge < -0.3 is 21.3 Å². The number of carbonyl (C=O) groups is 2. The summed E-state index contributed by atoms with van der Waals surface area (Å²) in [5.41, 5.74) is 9.88. The highest BCUT2D eigenvalue weighted by molar-refractivity contribution is 8.14. The number of rotatable bonds is 11. The third kappa shape index (κ3) is 6.80. The molecule has 5 atom stereocenters. The van der Waals surface area contributed by atoms with E-state index >= 15 is 0 Å². The van der Waals surface area contributed by atoms with Gasteiger partial charge >= 0.3 is 7.82 Å². The molecule has 42 heavy (non-hydrogen) atoms. The van der Waals surface area contributed by atoms with Crippen LogP contribution in [0, 0.1) is 16.7 Å². The summed E-state index contributed by atoms with van der Waals surface area (Å²) in [4.78, 5) is 32.7. The van der Waals surface area contributed by atoms with Crippen molar-refractivity contribution in [3.05, 3.63) is 11.9 Å². The maximum atomic E-state index is 13.7. The maximum Gasteiger partial charge on any atom is 0.475 e. The molecule has 1 aliphatic carbocycles. The number of anilines is 2. The molecule has 1 saturated carbocycles. The van der Waals surface area contributed by atoms with Crippen molar-refractivity contribution in [3.63, 3.8) is 0 Å². The number of phosphoric acid groups is 1. The van der Waals surface area contributed by atoms with Crippen LogP contribution in [-0.2, 0) is 32.5 Å². The number of thioether (sulfide) groups is 2. The van der Waals surface area contributed by atoms with Gasteiger partial charge in [0, 0.05) is 28.3 Å². The van der Waals surface area contributed by atoms with E-state index in [0.717, 1.165) is 23.5 Å². The summed E-state index contributed by atoms with van der Waals surface area (Å²) in [5.74, 6) is -0.0443. The zero-order valence-corrected chi connectivity index (χ0v) is 27.3. The second kappa shape index (κ2) is 12.0. The van der Waals surface area contributed by atoms with E-state index in [9.17, 15) is 19.3 Å². The minimum absolute atomic E-state index is 0.0413. The smallest absolute Gasteiger partial charge is 0.384 e. The first-order valence-electron chi connectivity index (χ1n) is 13.4. The van der Waals surface area contributed by atoms with Gasteiger partial charge in [0.25, 0.3) is 0 Å². The largest absolute Gasteiger partial charge is 0.475 e. The molecule has 1 saturated heterocycles. The predicted molar refractivity (Wildman–Crippen MR) is 160 cm³/mol. The van der Waals surface area contributed by atoms with Gasteiger partial charge in [-0.2, -0.15) is 4.98 Å².